The lowest BCUT2D eigenvalue weighted by molar-refractivity contribution is 0.101. The van der Waals surface area contributed by atoms with Crippen molar-refractivity contribution in [1.82, 2.24) is 0 Å². The first-order valence-corrected chi connectivity index (χ1v) is 43.4. The van der Waals surface area contributed by atoms with Crippen LogP contribution in [0.4, 0.5) is 45.5 Å². The maximum Gasteiger partial charge on any atom is 0.0543 e. The SMILES string of the molecule is CC1(C)CCCC2c3cc(-c4ccc5c6cc7c(cc6c6ccc(-c8ccc9c(c8)C8CCCC(C)(C)C8(C)N9c8ccccc8)c4c56)c4ccc(-c5ccc6c(c5)C5CCCC(C)(C)C5(C)N6c5ccccc5)c5c(-c6ccc8c(c6)C6CCCC(C)(C)C6(C)N8c6ccccc6)ccc7c54)ccc3N(c3ccccc3)C21C. The van der Waals surface area contributed by atoms with Gasteiger partial charge < -0.3 is 19.6 Å². The lowest BCUT2D eigenvalue weighted by atomic mass is 9.58. The molecule has 8 atom stereocenters. The Morgan fingerprint density at radius 3 is 0.658 bits per heavy atom. The van der Waals surface area contributed by atoms with Gasteiger partial charge in [-0.25, -0.2) is 0 Å². The molecule has 0 N–H and O–H groups in total. The molecule has 0 bridgehead atoms. The van der Waals surface area contributed by atoms with E-state index in [4.69, 9.17) is 0 Å². The van der Waals surface area contributed by atoms with Gasteiger partial charge in [0.05, 0.1) is 22.2 Å². The monoisotopic (exact) mass is 1480 g/mol. The summed E-state index contributed by atoms with van der Waals surface area (Å²) in [6.07, 6.45) is 14.5. The van der Waals surface area contributed by atoms with Crippen molar-refractivity contribution in [1.29, 1.82) is 0 Å². The zero-order valence-electron chi connectivity index (χ0n) is 68.8. The van der Waals surface area contributed by atoms with Crippen LogP contribution in [0.5, 0.6) is 0 Å². The minimum Gasteiger partial charge on any atom is -0.334 e. The molecule has 23 rings (SSSR count). The highest BCUT2D eigenvalue weighted by atomic mass is 15.3. The first kappa shape index (κ1) is 69.1. The number of benzene rings is 13. The molecule has 8 unspecified atom stereocenters. The molecule has 4 aliphatic heterocycles. The number of para-hydroxylation sites is 4. The van der Waals surface area contributed by atoms with Crippen molar-refractivity contribution in [2.45, 2.75) is 206 Å². The quantitative estimate of drug-likeness (QED) is 0.150. The molecule has 4 aliphatic carbocycles. The Kier molecular flexibility index (Phi) is 14.3. The van der Waals surface area contributed by atoms with E-state index in [0.717, 1.165) is 0 Å². The lowest BCUT2D eigenvalue weighted by Gasteiger charge is -2.55. The molecule has 566 valence electrons. The van der Waals surface area contributed by atoms with E-state index in [1.54, 1.807) is 0 Å². The van der Waals surface area contributed by atoms with Crippen LogP contribution >= 0.6 is 0 Å². The van der Waals surface area contributed by atoms with E-state index in [9.17, 15) is 0 Å². The standard InChI is InChI=1S/C110H106N4/c1-103(2)57-25-37-91-87-61-67(41-53-95(87)111(107(91,103)9)71-29-17-13-18-30-71)75-45-49-79-83-65-85-81-51-47-77(69-43-55-97-89(63-69)93-39-27-59-105(5,6)109(93,11)113(97)73-33-21-15-22-34-73)100-78(70-44-56-98-90(64-70)94-40-28-60-106(7,8)110(94,12)114(98)74-35-23-16-24-36-74)48-52-82(102(81)100)86(85)66-84(83)80-50-46-76(99(75)101(79)80)68-42-54-96-88(62-68)92-38-26-58-104(3,4)108(92,10)112(96)72-31-19-14-20-32-72/h13-24,29-36,41-56,61-66,91-94H,25-28,37-40,57-60H2,1-12H3. The van der Waals surface area contributed by atoms with E-state index in [-0.39, 0.29) is 43.8 Å². The van der Waals surface area contributed by atoms with Gasteiger partial charge in [0, 0.05) is 69.2 Å². The van der Waals surface area contributed by atoms with Gasteiger partial charge in [0.2, 0.25) is 0 Å². The number of fused-ring (bicyclic) bond motifs is 18. The largest absolute Gasteiger partial charge is 0.334 e. The van der Waals surface area contributed by atoms with Crippen LogP contribution in [-0.4, -0.2) is 22.2 Å². The summed E-state index contributed by atoms with van der Waals surface area (Å²) >= 11 is 0. The smallest absolute Gasteiger partial charge is 0.0543 e. The Bertz CT molecular complexity index is 5730. The van der Waals surface area contributed by atoms with Gasteiger partial charge in [0.15, 0.2) is 0 Å². The van der Waals surface area contributed by atoms with Gasteiger partial charge in [-0.15, -0.1) is 0 Å². The first-order chi connectivity index (χ1) is 55.1. The molecular formula is C110H106N4. The summed E-state index contributed by atoms with van der Waals surface area (Å²) in [6.45, 7) is 30.7. The summed E-state index contributed by atoms with van der Waals surface area (Å²) in [5, 5.41) is 16.2. The van der Waals surface area contributed by atoms with Crippen molar-refractivity contribution in [3.63, 3.8) is 0 Å². The van der Waals surface area contributed by atoms with Gasteiger partial charge in [-0.05, 0) is 341 Å². The normalized spacial score (nSPS) is 26.0. The minimum absolute atomic E-state index is 0.0860. The van der Waals surface area contributed by atoms with Crippen LogP contribution in [0.15, 0.2) is 255 Å². The average Bonchev–Trinajstić information content (AvgIpc) is 1.50. The van der Waals surface area contributed by atoms with E-state index < -0.39 is 0 Å². The molecule has 4 heterocycles. The highest BCUT2D eigenvalue weighted by molar-refractivity contribution is 6.40. The third kappa shape index (κ3) is 8.81. The molecule has 0 radical (unpaired) electrons. The zero-order valence-corrected chi connectivity index (χ0v) is 68.8. The van der Waals surface area contributed by atoms with Crippen LogP contribution < -0.4 is 19.6 Å². The van der Waals surface area contributed by atoms with Crippen molar-refractivity contribution < 1.29 is 0 Å². The van der Waals surface area contributed by atoms with Crippen LogP contribution in [0, 0.1) is 21.7 Å². The van der Waals surface area contributed by atoms with E-state index >= 15 is 0 Å². The van der Waals surface area contributed by atoms with E-state index in [0.29, 0.717) is 23.7 Å². The molecule has 0 spiro atoms. The summed E-state index contributed by atoms with van der Waals surface area (Å²) < 4.78 is 0. The van der Waals surface area contributed by atoms with Crippen LogP contribution in [-0.2, 0) is 0 Å². The summed E-state index contributed by atoms with van der Waals surface area (Å²) in [5.74, 6) is 1.54. The molecule has 4 heteroatoms. The van der Waals surface area contributed by atoms with Crippen LogP contribution in [0.1, 0.15) is 206 Å². The number of nitrogens with zero attached hydrogens (tertiary/aromatic N) is 4. The van der Waals surface area contributed by atoms with Crippen molar-refractivity contribution in [3.8, 4) is 44.5 Å². The van der Waals surface area contributed by atoms with Crippen molar-refractivity contribution >= 4 is 110 Å². The summed E-state index contributed by atoms with van der Waals surface area (Å²) in [4.78, 5) is 11.0. The molecule has 0 amide bonds. The Morgan fingerprint density at radius 2 is 0.439 bits per heavy atom. The summed E-state index contributed by atoms with van der Waals surface area (Å²) in [7, 11) is 0. The van der Waals surface area contributed by atoms with Crippen LogP contribution in [0.25, 0.3) is 109 Å². The maximum atomic E-state index is 2.75. The Labute approximate surface area is 674 Å². The molecule has 4 nitrogen and oxygen atoms in total. The van der Waals surface area contributed by atoms with E-state index in [1.165, 1.54) is 254 Å². The van der Waals surface area contributed by atoms with E-state index in [2.05, 4.69) is 357 Å². The molecule has 4 saturated carbocycles. The fourth-order valence-corrected chi connectivity index (χ4v) is 26.8. The predicted octanol–water partition coefficient (Wildman–Crippen LogP) is 31.0. The summed E-state index contributed by atoms with van der Waals surface area (Å²) in [6, 6.07) is 102. The zero-order chi connectivity index (χ0) is 77.3. The third-order valence-corrected chi connectivity index (χ3v) is 33.7. The number of rotatable bonds is 8. The van der Waals surface area contributed by atoms with Gasteiger partial charge in [-0.3, -0.25) is 0 Å². The molecule has 15 aromatic rings. The highest BCUT2D eigenvalue weighted by Gasteiger charge is 2.63. The van der Waals surface area contributed by atoms with Gasteiger partial charge in [0.1, 0.15) is 0 Å². The molecular weight excluding hydrogens is 1380 g/mol. The number of anilines is 8. The van der Waals surface area contributed by atoms with Crippen LogP contribution in [0.3, 0.4) is 0 Å². The molecule has 8 aliphatic rings. The van der Waals surface area contributed by atoms with Crippen molar-refractivity contribution in [2.75, 3.05) is 19.6 Å². The van der Waals surface area contributed by atoms with Gasteiger partial charge in [-0.1, -0.05) is 227 Å². The van der Waals surface area contributed by atoms with Crippen molar-refractivity contribution in [3.05, 3.63) is 277 Å². The minimum atomic E-state index is -0.0984. The number of hydrogen-bond donors (Lipinski definition) is 0. The van der Waals surface area contributed by atoms with Gasteiger partial charge in [0.25, 0.3) is 0 Å². The fraction of sp³-hybridized carbons (Fsp3) is 0.327. The second-order valence-corrected chi connectivity index (χ2v) is 39.8. The molecule has 0 saturated heterocycles. The second-order valence-electron chi connectivity index (χ2n) is 39.8. The average molecular weight is 1480 g/mol. The molecule has 15 aromatic carbocycles. The Balaban J connectivity index is 0.754. The van der Waals surface area contributed by atoms with Crippen LogP contribution in [0.2, 0.25) is 0 Å². The summed E-state index contributed by atoms with van der Waals surface area (Å²) in [5.41, 5.74) is 27.1. The molecule has 114 heavy (non-hydrogen) atoms. The van der Waals surface area contributed by atoms with E-state index in [1.807, 2.05) is 0 Å². The third-order valence-electron chi connectivity index (χ3n) is 33.7. The molecule has 4 fully saturated rings. The second kappa shape index (κ2) is 23.6. The van der Waals surface area contributed by atoms with Crippen molar-refractivity contribution in [2.24, 2.45) is 21.7 Å². The maximum absolute atomic E-state index is 2.75. The topological polar surface area (TPSA) is 13.0 Å². The Hall–Kier alpha value is -10.4. The fourth-order valence-electron chi connectivity index (χ4n) is 26.8. The van der Waals surface area contributed by atoms with Gasteiger partial charge >= 0.3 is 0 Å². The first-order valence-electron chi connectivity index (χ1n) is 43.4. The molecule has 0 aromatic heterocycles. The number of hydrogen-bond acceptors (Lipinski definition) is 4. The van der Waals surface area contributed by atoms with Gasteiger partial charge in [-0.2, -0.15) is 0 Å². The Morgan fingerprint density at radius 1 is 0.219 bits per heavy atom. The lowest BCUT2D eigenvalue weighted by Crippen LogP contribution is -2.56. The highest BCUT2D eigenvalue weighted by Crippen LogP contribution is 2.70. The predicted molar refractivity (Wildman–Crippen MR) is 485 cm³/mol.